The fraction of sp³-hybridized carbons (Fsp3) is 0.0909. The molecule has 0 radical (unpaired) electrons. The molecule has 0 aliphatic rings. The van der Waals surface area contributed by atoms with Crippen molar-refractivity contribution in [1.29, 1.82) is 0 Å². The summed E-state index contributed by atoms with van der Waals surface area (Å²) in [4.78, 5) is 14.4. The number of benzene rings is 1. The van der Waals surface area contributed by atoms with Crippen LogP contribution in [0.25, 0.3) is 0 Å². The van der Waals surface area contributed by atoms with E-state index in [2.05, 4.69) is 10.3 Å². The molecule has 1 aromatic heterocycles. The minimum atomic E-state index is -1.62. The molecule has 0 atom stereocenters. The van der Waals surface area contributed by atoms with Gasteiger partial charge in [0, 0.05) is 6.07 Å². The fourth-order valence-corrected chi connectivity index (χ4v) is 2.25. The number of thiazole rings is 1. The van der Waals surface area contributed by atoms with Gasteiger partial charge in [0.2, 0.25) is 0 Å². The zero-order valence-corrected chi connectivity index (χ0v) is 10.6. The van der Waals surface area contributed by atoms with Crippen molar-refractivity contribution in [2.45, 2.75) is 6.92 Å². The van der Waals surface area contributed by atoms with Gasteiger partial charge >= 0.3 is 5.97 Å². The van der Waals surface area contributed by atoms with Gasteiger partial charge in [0.25, 0.3) is 0 Å². The molecule has 1 heterocycles. The first-order valence-electron chi connectivity index (χ1n) is 5.12. The molecule has 9 heteroatoms. The maximum absolute atomic E-state index is 13.4. The molecule has 106 valence electrons. The number of aromatic nitrogens is 1. The first kappa shape index (κ1) is 14.3. The smallest absolute Gasteiger partial charge is 0.347 e. The molecule has 0 spiro atoms. The van der Waals surface area contributed by atoms with Gasteiger partial charge in [0.05, 0.1) is 5.69 Å². The highest BCUT2D eigenvalue weighted by Gasteiger charge is 2.21. The number of hydrogen-bond acceptors (Lipinski definition) is 4. The molecule has 0 fully saturated rings. The summed E-state index contributed by atoms with van der Waals surface area (Å²) in [6.45, 7) is 1.38. The summed E-state index contributed by atoms with van der Waals surface area (Å²) < 4.78 is 52.8. The summed E-state index contributed by atoms with van der Waals surface area (Å²) in [5.41, 5.74) is -0.948. The Kier molecular flexibility index (Phi) is 3.62. The maximum Gasteiger partial charge on any atom is 0.347 e. The van der Waals surface area contributed by atoms with Gasteiger partial charge in [-0.3, -0.25) is 0 Å². The van der Waals surface area contributed by atoms with Crippen molar-refractivity contribution < 1.29 is 27.5 Å². The van der Waals surface area contributed by atoms with Crippen molar-refractivity contribution in [3.8, 4) is 0 Å². The molecule has 2 N–H and O–H groups in total. The average molecular weight is 306 g/mol. The van der Waals surface area contributed by atoms with Crippen LogP contribution in [-0.4, -0.2) is 16.1 Å². The normalized spacial score (nSPS) is 10.7. The van der Waals surface area contributed by atoms with E-state index in [1.165, 1.54) is 6.92 Å². The fourth-order valence-electron chi connectivity index (χ4n) is 1.44. The van der Waals surface area contributed by atoms with Crippen molar-refractivity contribution >= 4 is 28.1 Å². The van der Waals surface area contributed by atoms with Gasteiger partial charge in [0.1, 0.15) is 10.6 Å². The number of anilines is 2. The Morgan fingerprint density at radius 3 is 2.25 bits per heavy atom. The van der Waals surface area contributed by atoms with E-state index in [1.54, 1.807) is 0 Å². The molecule has 0 saturated heterocycles. The Balaban J connectivity index is 2.45. The lowest BCUT2D eigenvalue weighted by molar-refractivity contribution is 0.0701. The topological polar surface area (TPSA) is 62.2 Å². The van der Waals surface area contributed by atoms with Crippen LogP contribution >= 0.6 is 11.3 Å². The van der Waals surface area contributed by atoms with Crippen LogP contribution in [0.5, 0.6) is 0 Å². The number of carboxylic acids is 1. The molecule has 0 unspecified atom stereocenters. The van der Waals surface area contributed by atoms with Crippen LogP contribution in [0, 0.1) is 30.2 Å². The standard InChI is InChI=1S/C11H6F4N2O2S/c1-3-9(10(18)19)20-11(16-3)17-8-6(14)4(12)2-5(13)7(8)15/h2H,1H3,(H,16,17)(H,18,19). The van der Waals surface area contributed by atoms with Gasteiger partial charge in [-0.25, -0.2) is 27.3 Å². The number of halogens is 4. The van der Waals surface area contributed by atoms with Crippen molar-refractivity contribution in [2.24, 2.45) is 0 Å². The summed E-state index contributed by atoms with van der Waals surface area (Å²) in [5, 5.41) is 10.7. The molecule has 2 rings (SSSR count). The Morgan fingerprint density at radius 1 is 1.25 bits per heavy atom. The molecule has 0 aliphatic carbocycles. The number of hydrogen-bond donors (Lipinski definition) is 2. The third-order valence-electron chi connectivity index (χ3n) is 2.33. The van der Waals surface area contributed by atoms with Crippen molar-refractivity contribution in [1.82, 2.24) is 4.98 Å². The molecule has 1 aromatic carbocycles. The van der Waals surface area contributed by atoms with Crippen LogP contribution < -0.4 is 5.32 Å². The number of nitrogens with one attached hydrogen (secondary N) is 1. The molecular formula is C11H6F4N2O2S. The van der Waals surface area contributed by atoms with E-state index in [0.717, 1.165) is 0 Å². The van der Waals surface area contributed by atoms with Gasteiger partial charge in [-0.05, 0) is 6.92 Å². The van der Waals surface area contributed by atoms with Crippen molar-refractivity contribution in [3.63, 3.8) is 0 Å². The average Bonchev–Trinajstić information content (AvgIpc) is 2.73. The summed E-state index contributed by atoms with van der Waals surface area (Å²) in [6, 6.07) is 0.0750. The highest BCUT2D eigenvalue weighted by atomic mass is 32.1. The zero-order chi connectivity index (χ0) is 15.0. The van der Waals surface area contributed by atoms with Crippen LogP contribution in [0.15, 0.2) is 6.07 Å². The van der Waals surface area contributed by atoms with Gasteiger partial charge in [-0.2, -0.15) is 0 Å². The first-order valence-corrected chi connectivity index (χ1v) is 5.93. The Hall–Kier alpha value is -2.16. The van der Waals surface area contributed by atoms with Crippen molar-refractivity contribution in [2.75, 3.05) is 5.32 Å². The summed E-state index contributed by atoms with van der Waals surface area (Å²) in [7, 11) is 0. The largest absolute Gasteiger partial charge is 0.477 e. The second kappa shape index (κ2) is 5.08. The lowest BCUT2D eigenvalue weighted by atomic mass is 10.2. The van der Waals surface area contributed by atoms with E-state index >= 15 is 0 Å². The zero-order valence-electron chi connectivity index (χ0n) is 9.80. The SMILES string of the molecule is Cc1nc(Nc2c(F)c(F)cc(F)c2F)sc1C(=O)O. The minimum Gasteiger partial charge on any atom is -0.477 e. The van der Waals surface area contributed by atoms with Gasteiger partial charge in [-0.15, -0.1) is 0 Å². The van der Waals surface area contributed by atoms with Gasteiger partial charge < -0.3 is 10.4 Å². The predicted molar refractivity (Wildman–Crippen MR) is 63.4 cm³/mol. The van der Waals surface area contributed by atoms with Crippen LogP contribution in [0.1, 0.15) is 15.4 Å². The Morgan fingerprint density at radius 2 is 1.80 bits per heavy atom. The molecule has 4 nitrogen and oxygen atoms in total. The quantitative estimate of drug-likeness (QED) is 0.673. The van der Waals surface area contributed by atoms with Gasteiger partial charge in [-0.1, -0.05) is 11.3 Å². The molecule has 0 aliphatic heterocycles. The third kappa shape index (κ3) is 2.44. The Labute approximate surface area is 113 Å². The van der Waals surface area contributed by atoms with E-state index in [0.29, 0.717) is 11.3 Å². The van der Waals surface area contributed by atoms with Crippen molar-refractivity contribution in [3.05, 3.63) is 39.9 Å². The number of rotatable bonds is 3. The summed E-state index contributed by atoms with van der Waals surface area (Å²) in [5.74, 6) is -7.64. The van der Waals surface area contributed by atoms with E-state index in [4.69, 9.17) is 5.11 Å². The van der Waals surface area contributed by atoms with Crippen LogP contribution in [-0.2, 0) is 0 Å². The van der Waals surface area contributed by atoms with Crippen LogP contribution in [0.3, 0.4) is 0 Å². The number of aryl methyl sites for hydroxylation is 1. The number of aromatic carboxylic acids is 1. The molecular weight excluding hydrogens is 300 g/mol. The molecule has 2 aromatic rings. The highest BCUT2D eigenvalue weighted by molar-refractivity contribution is 7.17. The second-order valence-electron chi connectivity index (χ2n) is 3.71. The number of nitrogens with zero attached hydrogens (tertiary/aromatic N) is 1. The highest BCUT2D eigenvalue weighted by Crippen LogP contribution is 2.30. The van der Waals surface area contributed by atoms with E-state index < -0.39 is 34.9 Å². The maximum atomic E-state index is 13.4. The Bertz CT molecular complexity index is 676. The minimum absolute atomic E-state index is 0.0750. The summed E-state index contributed by atoms with van der Waals surface area (Å²) in [6.07, 6.45) is 0. The lowest BCUT2D eigenvalue weighted by Crippen LogP contribution is -2.02. The van der Waals surface area contributed by atoms with Crippen LogP contribution in [0.4, 0.5) is 28.4 Å². The van der Waals surface area contributed by atoms with Crippen LogP contribution in [0.2, 0.25) is 0 Å². The second-order valence-corrected chi connectivity index (χ2v) is 4.71. The summed E-state index contributed by atoms with van der Waals surface area (Å²) >= 11 is 0.592. The van der Waals surface area contributed by atoms with Gasteiger partial charge in [0.15, 0.2) is 28.4 Å². The molecule has 20 heavy (non-hydrogen) atoms. The molecule has 0 saturated carbocycles. The number of carbonyl (C=O) groups is 1. The third-order valence-corrected chi connectivity index (χ3v) is 3.40. The lowest BCUT2D eigenvalue weighted by Gasteiger charge is -2.07. The number of carboxylic acid groups (broad SMARTS) is 1. The monoisotopic (exact) mass is 306 g/mol. The van der Waals surface area contributed by atoms with E-state index in [9.17, 15) is 22.4 Å². The predicted octanol–water partition coefficient (Wildman–Crippen LogP) is 3.45. The first-order chi connectivity index (χ1) is 9.31. The van der Waals surface area contributed by atoms with E-state index in [1.807, 2.05) is 0 Å². The van der Waals surface area contributed by atoms with E-state index in [-0.39, 0.29) is 21.8 Å². The molecule has 0 bridgehead atoms. The molecule has 0 amide bonds.